The van der Waals surface area contributed by atoms with Gasteiger partial charge in [-0.2, -0.15) is 0 Å². The number of H-pyrrole nitrogens is 1. The molecule has 5 aromatic rings. The number of hydrogen-bond acceptors (Lipinski definition) is 6. The topological polar surface area (TPSA) is 144 Å². The first-order valence-electron chi connectivity index (χ1n) is 13.7. The van der Waals surface area contributed by atoms with Crippen LogP contribution in [0.15, 0.2) is 103 Å². The van der Waals surface area contributed by atoms with Crippen LogP contribution < -0.4 is 0 Å². The van der Waals surface area contributed by atoms with Crippen LogP contribution in [-0.4, -0.2) is 52.1 Å². The first-order chi connectivity index (χ1) is 21.0. The smallest absolute Gasteiger partial charge is 0.354 e. The SMILES string of the molecule is CCOC(=O)CN=[N+]=[N-].CCOC(=O)c1cc2c(ccn2Cc2ccccc2)[nH]1.O=Cc1ccn(Cc2ccccc2)c1. The molecule has 5 rings (SSSR count). The number of ether oxygens (including phenoxy) is 2. The predicted octanol–water partition coefficient (Wildman–Crippen LogP) is 6.40. The normalized spacial score (nSPS) is 9.91. The number of nitrogens with zero attached hydrogens (tertiary/aromatic N) is 5. The minimum atomic E-state index is -0.490. The van der Waals surface area contributed by atoms with E-state index in [1.165, 1.54) is 11.1 Å². The number of aldehydes is 1. The molecule has 0 aliphatic heterocycles. The van der Waals surface area contributed by atoms with Crippen LogP contribution in [0.5, 0.6) is 0 Å². The van der Waals surface area contributed by atoms with E-state index in [9.17, 15) is 14.4 Å². The molecular weight excluding hydrogens is 548 g/mol. The number of azide groups is 1. The highest BCUT2D eigenvalue weighted by molar-refractivity contribution is 5.94. The van der Waals surface area contributed by atoms with Gasteiger partial charge in [-0.15, -0.1) is 0 Å². The molecule has 11 heteroatoms. The number of nitrogens with one attached hydrogen (secondary N) is 1. The van der Waals surface area contributed by atoms with Crippen LogP contribution in [0.4, 0.5) is 0 Å². The Kier molecular flexibility index (Phi) is 12.9. The van der Waals surface area contributed by atoms with Gasteiger partial charge in [-0.05, 0) is 48.7 Å². The van der Waals surface area contributed by atoms with Crippen molar-refractivity contribution < 1.29 is 23.9 Å². The number of carbonyl (C=O) groups excluding carboxylic acids is 3. The van der Waals surface area contributed by atoms with Gasteiger partial charge in [0.25, 0.3) is 0 Å². The summed E-state index contributed by atoms with van der Waals surface area (Å²) in [6.07, 6.45) is 6.64. The van der Waals surface area contributed by atoms with Gasteiger partial charge in [-0.1, -0.05) is 65.8 Å². The van der Waals surface area contributed by atoms with E-state index in [1.807, 2.05) is 77.8 Å². The zero-order valence-corrected chi connectivity index (χ0v) is 24.1. The number of benzene rings is 2. The molecule has 0 aliphatic carbocycles. The van der Waals surface area contributed by atoms with E-state index < -0.39 is 5.97 Å². The Morgan fingerprint density at radius 2 is 1.56 bits per heavy atom. The zero-order valence-electron chi connectivity index (χ0n) is 24.1. The fourth-order valence-electron chi connectivity index (χ4n) is 4.02. The summed E-state index contributed by atoms with van der Waals surface area (Å²) >= 11 is 0. The van der Waals surface area contributed by atoms with E-state index in [2.05, 4.69) is 48.6 Å². The molecule has 0 spiro atoms. The van der Waals surface area contributed by atoms with Crippen LogP contribution in [-0.2, 0) is 27.4 Å². The Morgan fingerprint density at radius 1 is 0.907 bits per heavy atom. The van der Waals surface area contributed by atoms with Crippen molar-refractivity contribution in [3.8, 4) is 0 Å². The van der Waals surface area contributed by atoms with Gasteiger partial charge in [-0.25, -0.2) is 4.79 Å². The van der Waals surface area contributed by atoms with Crippen molar-refractivity contribution in [1.29, 1.82) is 0 Å². The second-order valence-electron chi connectivity index (χ2n) is 9.05. The summed E-state index contributed by atoms with van der Waals surface area (Å²) in [6.45, 7) is 5.57. The molecule has 3 aromatic heterocycles. The molecule has 222 valence electrons. The van der Waals surface area contributed by atoms with E-state index in [0.717, 1.165) is 36.0 Å². The lowest BCUT2D eigenvalue weighted by Gasteiger charge is -2.03. The zero-order chi connectivity index (χ0) is 30.9. The maximum Gasteiger partial charge on any atom is 0.354 e. The van der Waals surface area contributed by atoms with Crippen molar-refractivity contribution >= 4 is 29.3 Å². The van der Waals surface area contributed by atoms with Gasteiger partial charge < -0.3 is 23.6 Å². The summed E-state index contributed by atoms with van der Waals surface area (Å²) in [7, 11) is 0. The predicted molar refractivity (Wildman–Crippen MR) is 164 cm³/mol. The summed E-state index contributed by atoms with van der Waals surface area (Å²) in [5, 5.41) is 3.00. The minimum absolute atomic E-state index is 0.218. The standard InChI is InChI=1S/C16H16N2O2.C12H11NO.C4H7N3O2/c1-2-20-16(19)14-10-15-13(17-14)8-9-18(15)11-12-6-4-3-5-7-12;14-10-12-6-7-13(9-12)8-11-4-2-1-3-5-11;1-2-9-4(8)3-6-7-5/h3-10,17H,2,11H2,1H3;1-7,9-10H,8H2;2-3H2,1H3. The summed E-state index contributed by atoms with van der Waals surface area (Å²) < 4.78 is 13.6. The Labute approximate surface area is 249 Å². The number of hydrogen-bond donors (Lipinski definition) is 1. The molecule has 0 atom stereocenters. The maximum absolute atomic E-state index is 11.7. The Balaban J connectivity index is 0.000000192. The molecule has 0 bridgehead atoms. The van der Waals surface area contributed by atoms with E-state index in [0.29, 0.717) is 18.9 Å². The molecular formula is C32H34N6O5. The first-order valence-corrected chi connectivity index (χ1v) is 13.7. The third-order valence-corrected chi connectivity index (χ3v) is 5.93. The van der Waals surface area contributed by atoms with Gasteiger partial charge in [0.05, 0.1) is 24.2 Å². The third-order valence-electron chi connectivity index (χ3n) is 5.93. The lowest BCUT2D eigenvalue weighted by Crippen LogP contribution is -2.06. The number of esters is 2. The van der Waals surface area contributed by atoms with E-state index in [-0.39, 0.29) is 12.5 Å². The number of rotatable bonds is 10. The van der Waals surface area contributed by atoms with Gasteiger partial charge in [-0.3, -0.25) is 9.59 Å². The number of aromatic amines is 1. The van der Waals surface area contributed by atoms with Crippen LogP contribution in [0.1, 0.15) is 45.8 Å². The van der Waals surface area contributed by atoms with E-state index >= 15 is 0 Å². The second kappa shape index (κ2) is 17.3. The van der Waals surface area contributed by atoms with Crippen molar-refractivity contribution in [3.05, 3.63) is 130 Å². The molecule has 0 unspecified atom stereocenters. The molecule has 1 N–H and O–H groups in total. The average Bonchev–Trinajstić information content (AvgIpc) is 3.76. The molecule has 0 amide bonds. The van der Waals surface area contributed by atoms with Crippen LogP contribution in [0.2, 0.25) is 0 Å². The highest BCUT2D eigenvalue weighted by Gasteiger charge is 2.12. The van der Waals surface area contributed by atoms with E-state index in [4.69, 9.17) is 10.3 Å². The molecule has 0 radical (unpaired) electrons. The molecule has 3 heterocycles. The highest BCUT2D eigenvalue weighted by Crippen LogP contribution is 2.19. The van der Waals surface area contributed by atoms with Crippen molar-refractivity contribution in [2.45, 2.75) is 26.9 Å². The molecule has 43 heavy (non-hydrogen) atoms. The quantitative estimate of drug-likeness (QED) is 0.0666. The van der Waals surface area contributed by atoms with Crippen molar-refractivity contribution in [2.75, 3.05) is 19.8 Å². The molecule has 0 fully saturated rings. The second-order valence-corrected chi connectivity index (χ2v) is 9.05. The third kappa shape index (κ3) is 10.4. The number of fused-ring (bicyclic) bond motifs is 1. The van der Waals surface area contributed by atoms with Gasteiger partial charge in [0, 0.05) is 42.2 Å². The molecule has 0 saturated heterocycles. The summed E-state index contributed by atoms with van der Waals surface area (Å²) in [4.78, 5) is 38.0. The largest absolute Gasteiger partial charge is 0.466 e. The van der Waals surface area contributed by atoms with Crippen LogP contribution in [0.3, 0.4) is 0 Å². The summed E-state index contributed by atoms with van der Waals surface area (Å²) in [5.41, 5.74) is 13.4. The molecule has 2 aromatic carbocycles. The van der Waals surface area contributed by atoms with Crippen LogP contribution in [0.25, 0.3) is 21.5 Å². The number of aromatic nitrogens is 3. The molecule has 0 aliphatic rings. The minimum Gasteiger partial charge on any atom is -0.466 e. The summed E-state index contributed by atoms with van der Waals surface area (Å²) in [5.74, 6) is -0.801. The van der Waals surface area contributed by atoms with Crippen LogP contribution >= 0.6 is 0 Å². The van der Waals surface area contributed by atoms with Crippen molar-refractivity contribution in [1.82, 2.24) is 14.1 Å². The average molecular weight is 583 g/mol. The van der Waals surface area contributed by atoms with Gasteiger partial charge in [0.1, 0.15) is 12.2 Å². The fourth-order valence-corrected chi connectivity index (χ4v) is 4.02. The lowest BCUT2D eigenvalue weighted by molar-refractivity contribution is -0.141. The maximum atomic E-state index is 11.7. The van der Waals surface area contributed by atoms with E-state index in [1.54, 1.807) is 13.8 Å². The van der Waals surface area contributed by atoms with Crippen LogP contribution in [0, 0.1) is 0 Å². The monoisotopic (exact) mass is 582 g/mol. The number of carbonyl (C=O) groups is 3. The Hall–Kier alpha value is -5.54. The summed E-state index contributed by atoms with van der Waals surface area (Å²) in [6, 6.07) is 26.0. The highest BCUT2D eigenvalue weighted by atomic mass is 16.5. The first kappa shape index (κ1) is 32.0. The van der Waals surface area contributed by atoms with Gasteiger partial charge in [0.2, 0.25) is 0 Å². The molecule has 11 nitrogen and oxygen atoms in total. The lowest BCUT2D eigenvalue weighted by atomic mass is 10.2. The molecule has 0 saturated carbocycles. The van der Waals surface area contributed by atoms with Gasteiger partial charge >= 0.3 is 11.9 Å². The van der Waals surface area contributed by atoms with Crippen molar-refractivity contribution in [3.63, 3.8) is 0 Å². The Bertz CT molecular complexity index is 1630. The van der Waals surface area contributed by atoms with Gasteiger partial charge in [0.15, 0.2) is 6.29 Å². The van der Waals surface area contributed by atoms with Crippen molar-refractivity contribution in [2.24, 2.45) is 5.11 Å². The fraction of sp³-hybridized carbons (Fsp3) is 0.219. The Morgan fingerprint density at radius 3 is 2.14 bits per heavy atom.